The second-order valence-corrected chi connectivity index (χ2v) is 6.95. The van der Waals surface area contributed by atoms with E-state index in [1.165, 1.54) is 45.4 Å². The van der Waals surface area contributed by atoms with Crippen molar-refractivity contribution < 1.29 is 9.18 Å². The van der Waals surface area contributed by atoms with Crippen LogP contribution in [0.2, 0.25) is 5.02 Å². The normalized spacial score (nSPS) is 12.4. The fourth-order valence-corrected chi connectivity index (χ4v) is 2.97. The number of nitrogens with zero attached hydrogens (tertiary/aromatic N) is 1. The molecule has 148 valence electrons. The third-order valence-corrected chi connectivity index (χ3v) is 4.85. The lowest BCUT2D eigenvalue weighted by Gasteiger charge is -2.05. The predicted molar refractivity (Wildman–Crippen MR) is 110 cm³/mol. The van der Waals surface area contributed by atoms with Crippen molar-refractivity contribution in [2.45, 2.75) is 39.0 Å². The maximum Gasteiger partial charge on any atom is 0.264 e. The third-order valence-electron chi connectivity index (χ3n) is 3.66. The summed E-state index contributed by atoms with van der Waals surface area (Å²) in [4.78, 5) is 21.6. The second kappa shape index (κ2) is 11.8. The van der Waals surface area contributed by atoms with E-state index in [0.717, 1.165) is 24.1 Å². The number of anilines is 1. The van der Waals surface area contributed by atoms with Crippen LogP contribution in [0.4, 0.5) is 10.1 Å². The number of rotatable bonds is 1. The van der Waals surface area contributed by atoms with Crippen LogP contribution in [0.5, 0.6) is 0 Å². The van der Waals surface area contributed by atoms with Crippen LogP contribution in [-0.2, 0) is 17.6 Å². The molecule has 27 heavy (non-hydrogen) atoms. The summed E-state index contributed by atoms with van der Waals surface area (Å²) in [5.41, 5.74) is 6.75. The van der Waals surface area contributed by atoms with Gasteiger partial charge in [-0.15, -0.1) is 0 Å². The molecule has 1 amide bonds. The molecule has 0 unspecified atom stereocenters. The lowest BCUT2D eigenvalue weighted by Crippen LogP contribution is -2.11. The van der Waals surface area contributed by atoms with Gasteiger partial charge in [-0.25, -0.2) is 9.49 Å². The molecule has 4 N–H and O–H groups in total. The molecule has 3 rings (SSSR count). The summed E-state index contributed by atoms with van der Waals surface area (Å²) in [6.07, 6.45) is 5.69. The second-order valence-electron chi connectivity index (χ2n) is 5.69. The first-order valence-corrected chi connectivity index (χ1v) is 9.61. The first-order valence-electron chi connectivity index (χ1n) is 8.44. The molecule has 1 aliphatic rings. The van der Waals surface area contributed by atoms with E-state index in [4.69, 9.17) is 11.6 Å². The highest BCUT2D eigenvalue weighted by Gasteiger charge is 2.09. The van der Waals surface area contributed by atoms with Crippen LogP contribution in [0.15, 0.2) is 27.5 Å². The number of fused-ring (bicyclic) bond motifs is 1. The molecule has 1 aromatic heterocycles. The molecule has 2 aromatic rings. The Morgan fingerprint density at radius 1 is 1.26 bits per heavy atom. The predicted octanol–water partition coefficient (Wildman–Crippen LogP) is 3.81. The molecule has 1 aliphatic carbocycles. The Labute approximate surface area is 170 Å². The summed E-state index contributed by atoms with van der Waals surface area (Å²) in [5.74, 6) is -0.858. The number of hydrogen-bond acceptors (Lipinski definition) is 4. The Morgan fingerprint density at radius 2 is 1.93 bits per heavy atom. The van der Waals surface area contributed by atoms with Crippen LogP contribution < -0.4 is 16.6 Å². The van der Waals surface area contributed by atoms with Crippen LogP contribution in [0.1, 0.15) is 37.4 Å². The summed E-state index contributed by atoms with van der Waals surface area (Å²) >= 11 is 8.77. The minimum absolute atomic E-state index is 0.0735. The summed E-state index contributed by atoms with van der Waals surface area (Å²) in [7, 11) is 1.50. The molecule has 1 aromatic carbocycles. The van der Waals surface area contributed by atoms with Crippen LogP contribution >= 0.6 is 27.5 Å². The number of H-pyrrole nitrogens is 1. The molecule has 0 atom stereocenters. The monoisotopic (exact) mass is 460 g/mol. The van der Waals surface area contributed by atoms with E-state index >= 15 is 0 Å². The highest BCUT2D eigenvalue weighted by molar-refractivity contribution is 9.10. The van der Waals surface area contributed by atoms with Crippen LogP contribution in [0.3, 0.4) is 0 Å². The van der Waals surface area contributed by atoms with Gasteiger partial charge in [-0.2, -0.15) is 5.10 Å². The highest BCUT2D eigenvalue weighted by Crippen LogP contribution is 2.28. The number of halogens is 3. The highest BCUT2D eigenvalue weighted by atomic mass is 79.9. The Balaban J connectivity index is 0.000000248. The van der Waals surface area contributed by atoms with E-state index in [1.807, 2.05) is 0 Å². The first-order chi connectivity index (χ1) is 12.9. The average molecular weight is 462 g/mol. The number of carbonyl (C=O) groups is 1. The molecule has 1 heterocycles. The number of aromatic amines is 1. The quantitative estimate of drug-likeness (QED) is 0.444. The van der Waals surface area contributed by atoms with Crippen molar-refractivity contribution in [3.8, 4) is 0 Å². The van der Waals surface area contributed by atoms with E-state index in [2.05, 4.69) is 37.2 Å². The number of carbonyl (C=O) groups excluding carboxylic acids is 1. The van der Waals surface area contributed by atoms with Crippen molar-refractivity contribution in [2.24, 2.45) is 5.73 Å². The number of nitrogens with one attached hydrogen (secondary N) is 2. The van der Waals surface area contributed by atoms with Gasteiger partial charge in [-0.1, -0.05) is 18.0 Å². The summed E-state index contributed by atoms with van der Waals surface area (Å²) in [6.45, 7) is 1.30. The zero-order chi connectivity index (χ0) is 20.4. The maximum absolute atomic E-state index is 13.1. The Hall–Kier alpha value is -1.77. The molecule has 0 bridgehead atoms. The molecule has 9 heteroatoms. The summed E-state index contributed by atoms with van der Waals surface area (Å²) in [6, 6.07) is 4.24. The van der Waals surface area contributed by atoms with Gasteiger partial charge in [0.2, 0.25) is 5.91 Å². The number of amides is 1. The van der Waals surface area contributed by atoms with Gasteiger partial charge in [0.1, 0.15) is 5.82 Å². The fourth-order valence-electron chi connectivity index (χ4n) is 2.49. The number of hydrogen-bond donors (Lipinski definition) is 3. The minimum atomic E-state index is -0.522. The minimum Gasteiger partial charge on any atom is -0.333 e. The van der Waals surface area contributed by atoms with E-state index in [1.54, 1.807) is 6.07 Å². The molecule has 0 radical (unpaired) electrons. The molecular weight excluding hydrogens is 439 g/mol. The molecule has 0 saturated carbocycles. The van der Waals surface area contributed by atoms with Gasteiger partial charge in [0, 0.05) is 17.5 Å². The van der Waals surface area contributed by atoms with Gasteiger partial charge in [-0.05, 0) is 66.4 Å². The van der Waals surface area contributed by atoms with Crippen LogP contribution in [-0.4, -0.2) is 23.2 Å². The van der Waals surface area contributed by atoms with Crippen LogP contribution in [0.25, 0.3) is 0 Å². The lowest BCUT2D eigenvalue weighted by molar-refractivity contribution is -0.114. The van der Waals surface area contributed by atoms with E-state index < -0.39 is 5.82 Å². The van der Waals surface area contributed by atoms with Gasteiger partial charge >= 0.3 is 0 Å². The standard InChI is InChI=1S/C9H12N2O.C8H6BrClFNO.CH5N/c12-9-6-7-4-2-1-3-5-8(7)10-11-9;1-4(13)12-8-3-6(10)5(9)2-7(8)11;1-2/h6H,1-5H2,(H,11,12);2-3H,1H3,(H,12,13);2H2,1H3. The number of nitrogens with two attached hydrogens (primary N) is 1. The van der Waals surface area contributed by atoms with E-state index in [-0.39, 0.29) is 17.2 Å². The molecule has 0 spiro atoms. The smallest absolute Gasteiger partial charge is 0.264 e. The van der Waals surface area contributed by atoms with Gasteiger partial charge in [0.05, 0.1) is 16.4 Å². The van der Waals surface area contributed by atoms with Crippen molar-refractivity contribution in [1.82, 2.24) is 10.2 Å². The van der Waals surface area contributed by atoms with Gasteiger partial charge < -0.3 is 11.1 Å². The van der Waals surface area contributed by atoms with Crippen molar-refractivity contribution in [1.29, 1.82) is 0 Å². The number of aromatic nitrogens is 2. The Kier molecular flexibility index (Phi) is 10.2. The SMILES string of the molecule is CC(=O)Nc1cc(Cl)c(Br)cc1F.CN.O=c1cc2c(n[nH]1)CCCCC2. The van der Waals surface area contributed by atoms with Crippen LogP contribution in [0, 0.1) is 5.82 Å². The topological polar surface area (TPSA) is 101 Å². The molecule has 0 aliphatic heterocycles. The fraction of sp³-hybridized carbons (Fsp3) is 0.389. The summed E-state index contributed by atoms with van der Waals surface area (Å²) in [5, 5.41) is 9.20. The summed E-state index contributed by atoms with van der Waals surface area (Å²) < 4.78 is 13.5. The van der Waals surface area contributed by atoms with E-state index in [0.29, 0.717) is 9.50 Å². The first kappa shape index (κ1) is 23.3. The van der Waals surface area contributed by atoms with Gasteiger partial charge in [0.25, 0.3) is 5.56 Å². The van der Waals surface area contributed by atoms with Gasteiger partial charge in [0.15, 0.2) is 0 Å². The van der Waals surface area contributed by atoms with Crippen molar-refractivity contribution in [2.75, 3.05) is 12.4 Å². The number of aryl methyl sites for hydroxylation is 2. The molecular formula is C18H23BrClFN4O2. The lowest BCUT2D eigenvalue weighted by atomic mass is 10.1. The van der Waals surface area contributed by atoms with Crippen molar-refractivity contribution in [3.63, 3.8) is 0 Å². The zero-order valence-corrected chi connectivity index (χ0v) is 17.6. The Morgan fingerprint density at radius 3 is 2.59 bits per heavy atom. The number of benzene rings is 1. The molecule has 0 saturated heterocycles. The largest absolute Gasteiger partial charge is 0.333 e. The Bertz CT molecular complexity index is 829. The molecule has 6 nitrogen and oxygen atoms in total. The van der Waals surface area contributed by atoms with E-state index in [9.17, 15) is 14.0 Å². The molecule has 0 fully saturated rings. The maximum atomic E-state index is 13.1. The third kappa shape index (κ3) is 7.78. The van der Waals surface area contributed by atoms with Crippen molar-refractivity contribution in [3.05, 3.63) is 55.1 Å². The van der Waals surface area contributed by atoms with Crippen molar-refractivity contribution >= 4 is 39.1 Å². The van der Waals surface area contributed by atoms with Gasteiger partial charge in [-0.3, -0.25) is 9.59 Å². The zero-order valence-electron chi connectivity index (χ0n) is 15.2. The average Bonchev–Trinajstić information content (AvgIpc) is 2.86.